The number of pyridine rings is 1. The fraction of sp³-hybridized carbons (Fsp3) is 0.286. The van der Waals surface area contributed by atoms with Gasteiger partial charge >= 0.3 is 0 Å². The maximum absolute atomic E-state index is 13.1. The Labute approximate surface area is 189 Å². The first-order valence-electron chi connectivity index (χ1n) is 10.0. The van der Waals surface area contributed by atoms with Gasteiger partial charge in [0, 0.05) is 24.2 Å². The summed E-state index contributed by atoms with van der Waals surface area (Å²) >= 11 is 1.06. The van der Waals surface area contributed by atoms with Gasteiger partial charge in [0.1, 0.15) is 21.6 Å². The van der Waals surface area contributed by atoms with Crippen LogP contribution in [0, 0.1) is 18.3 Å². The lowest BCUT2D eigenvalue weighted by molar-refractivity contribution is 0.103. The quantitative estimate of drug-likeness (QED) is 0.529. The number of aryl methyl sites for hydroxylation is 1. The Morgan fingerprint density at radius 3 is 2.62 bits per heavy atom. The molecule has 9 nitrogen and oxygen atoms in total. The molecule has 1 aromatic carbocycles. The molecular formula is C21H22N6O3S2. The van der Waals surface area contributed by atoms with E-state index < -0.39 is 15.9 Å². The number of carbonyl (C=O) groups is 1. The third-order valence-electron chi connectivity index (χ3n) is 5.46. The average molecular weight is 471 g/mol. The summed E-state index contributed by atoms with van der Waals surface area (Å²) in [6.07, 6.45) is 2.70. The molecule has 3 heterocycles. The van der Waals surface area contributed by atoms with Crippen LogP contribution in [-0.4, -0.2) is 36.7 Å². The first kappa shape index (κ1) is 22.0. The molecule has 3 aromatic rings. The summed E-state index contributed by atoms with van der Waals surface area (Å²) in [5.74, 6) is -0.424. The highest BCUT2D eigenvalue weighted by atomic mass is 32.2. The number of thiophene rings is 1. The summed E-state index contributed by atoms with van der Waals surface area (Å²) in [6, 6.07) is 8.25. The highest BCUT2D eigenvalue weighted by Crippen LogP contribution is 2.35. The van der Waals surface area contributed by atoms with Crippen LogP contribution in [0.25, 0.3) is 10.2 Å². The molecule has 5 N–H and O–H groups in total. The minimum absolute atomic E-state index is 0.0688. The predicted molar refractivity (Wildman–Crippen MR) is 125 cm³/mol. The summed E-state index contributed by atoms with van der Waals surface area (Å²) in [5.41, 5.74) is 13.2. The van der Waals surface area contributed by atoms with Gasteiger partial charge in [-0.1, -0.05) is 12.5 Å². The predicted octanol–water partition coefficient (Wildman–Crippen LogP) is 3.07. The van der Waals surface area contributed by atoms with E-state index in [-0.39, 0.29) is 26.8 Å². The van der Waals surface area contributed by atoms with Crippen LogP contribution in [0.15, 0.2) is 29.2 Å². The van der Waals surface area contributed by atoms with Crippen molar-refractivity contribution in [2.45, 2.75) is 31.1 Å². The van der Waals surface area contributed by atoms with Gasteiger partial charge in [0.25, 0.3) is 5.91 Å². The maximum atomic E-state index is 13.1. The van der Waals surface area contributed by atoms with Crippen molar-refractivity contribution in [1.29, 1.82) is 5.26 Å². The zero-order valence-corrected chi connectivity index (χ0v) is 19.0. The number of fused-ring (bicyclic) bond motifs is 1. The molecule has 166 valence electrons. The van der Waals surface area contributed by atoms with E-state index in [0.717, 1.165) is 30.6 Å². The van der Waals surface area contributed by atoms with Gasteiger partial charge < -0.3 is 16.8 Å². The first-order valence-corrected chi connectivity index (χ1v) is 12.3. The summed E-state index contributed by atoms with van der Waals surface area (Å²) in [4.78, 5) is 17.9. The zero-order chi connectivity index (χ0) is 23.0. The molecule has 1 saturated heterocycles. The number of benzene rings is 1. The van der Waals surface area contributed by atoms with Gasteiger partial charge in [-0.05, 0) is 43.5 Å². The van der Waals surface area contributed by atoms with Crippen molar-refractivity contribution >= 4 is 54.7 Å². The van der Waals surface area contributed by atoms with Gasteiger partial charge in [0.05, 0.1) is 16.1 Å². The number of sulfonamides is 1. The van der Waals surface area contributed by atoms with E-state index in [2.05, 4.69) is 10.3 Å². The molecule has 0 aliphatic carbocycles. The van der Waals surface area contributed by atoms with Crippen LogP contribution in [0.1, 0.15) is 40.1 Å². The highest BCUT2D eigenvalue weighted by molar-refractivity contribution is 7.89. The van der Waals surface area contributed by atoms with E-state index in [1.54, 1.807) is 19.1 Å². The second kappa shape index (κ2) is 8.38. The molecule has 0 atom stereocenters. The third-order valence-corrected chi connectivity index (χ3v) is 8.61. The number of hydrogen-bond donors (Lipinski definition) is 3. The molecule has 0 unspecified atom stereocenters. The van der Waals surface area contributed by atoms with Crippen molar-refractivity contribution in [1.82, 2.24) is 9.29 Å². The molecule has 1 aliphatic heterocycles. The number of nitrogen functional groups attached to an aromatic ring is 2. The lowest BCUT2D eigenvalue weighted by Gasteiger charge is -2.26. The first-order chi connectivity index (χ1) is 15.2. The monoisotopic (exact) mass is 470 g/mol. The Morgan fingerprint density at radius 1 is 1.22 bits per heavy atom. The lowest BCUT2D eigenvalue weighted by atomic mass is 10.2. The van der Waals surface area contributed by atoms with Crippen LogP contribution in [0.2, 0.25) is 0 Å². The molecular weight excluding hydrogens is 448 g/mol. The van der Waals surface area contributed by atoms with Crippen molar-refractivity contribution in [2.24, 2.45) is 0 Å². The third kappa shape index (κ3) is 3.88. The number of nitrogens with zero attached hydrogens (tertiary/aromatic N) is 3. The number of aromatic nitrogens is 1. The summed E-state index contributed by atoms with van der Waals surface area (Å²) in [7, 11) is -3.65. The normalized spacial score (nSPS) is 14.9. The van der Waals surface area contributed by atoms with Crippen LogP contribution in [0.4, 0.5) is 17.2 Å². The average Bonchev–Trinajstić information content (AvgIpc) is 3.10. The number of anilines is 3. The number of nitrogens with one attached hydrogen (secondary N) is 1. The van der Waals surface area contributed by atoms with Gasteiger partial charge in [-0.2, -0.15) is 9.57 Å². The molecule has 11 heteroatoms. The molecule has 0 bridgehead atoms. The van der Waals surface area contributed by atoms with E-state index in [0.29, 0.717) is 34.6 Å². The molecule has 2 aromatic heterocycles. The Morgan fingerprint density at radius 2 is 1.94 bits per heavy atom. The van der Waals surface area contributed by atoms with Crippen LogP contribution < -0.4 is 16.8 Å². The molecule has 4 rings (SSSR count). The summed E-state index contributed by atoms with van der Waals surface area (Å²) in [6.45, 7) is 2.73. The lowest BCUT2D eigenvalue weighted by Crippen LogP contribution is -2.36. The van der Waals surface area contributed by atoms with Crippen LogP contribution >= 0.6 is 11.3 Å². The topological polar surface area (TPSA) is 155 Å². The van der Waals surface area contributed by atoms with Gasteiger partial charge in [-0.3, -0.25) is 4.79 Å². The fourth-order valence-corrected chi connectivity index (χ4v) is 6.45. The molecule has 0 spiro atoms. The Kier molecular flexibility index (Phi) is 5.77. The van der Waals surface area contributed by atoms with E-state index in [1.807, 2.05) is 6.07 Å². The summed E-state index contributed by atoms with van der Waals surface area (Å²) < 4.78 is 27.8. The second-order valence-corrected chi connectivity index (χ2v) is 10.5. The number of piperidine rings is 1. The number of hydrogen-bond acceptors (Lipinski definition) is 8. The fourth-order valence-electron chi connectivity index (χ4n) is 3.70. The van der Waals surface area contributed by atoms with E-state index >= 15 is 0 Å². The number of carbonyl (C=O) groups excluding carboxylic acids is 1. The van der Waals surface area contributed by atoms with Crippen molar-refractivity contribution in [3.63, 3.8) is 0 Å². The standard InChI is InChI=1S/C21H22N6O3S2/c1-12-5-6-14(10-16(12)32(29,30)27-7-3-2-4-8-27)25-20(28)18-17(23)15-9-13(11-22)19(24)26-21(15)31-18/h5-6,9-10H,2-4,7-8,23H2,1H3,(H2,24,26)(H,25,28). The van der Waals surface area contributed by atoms with Crippen molar-refractivity contribution in [2.75, 3.05) is 29.9 Å². The molecule has 1 aliphatic rings. The maximum Gasteiger partial charge on any atom is 0.267 e. The van der Waals surface area contributed by atoms with Crippen molar-refractivity contribution < 1.29 is 13.2 Å². The smallest absolute Gasteiger partial charge is 0.267 e. The molecule has 1 amide bonds. The molecule has 32 heavy (non-hydrogen) atoms. The van der Waals surface area contributed by atoms with E-state index in [4.69, 9.17) is 16.7 Å². The highest BCUT2D eigenvalue weighted by Gasteiger charge is 2.28. The minimum atomic E-state index is -3.65. The second-order valence-electron chi connectivity index (χ2n) is 7.63. The van der Waals surface area contributed by atoms with Gasteiger partial charge in [-0.25, -0.2) is 13.4 Å². The van der Waals surface area contributed by atoms with Crippen LogP contribution in [-0.2, 0) is 10.0 Å². The van der Waals surface area contributed by atoms with Gasteiger partial charge in [0.15, 0.2) is 0 Å². The van der Waals surface area contributed by atoms with E-state index in [9.17, 15) is 13.2 Å². The largest absolute Gasteiger partial charge is 0.397 e. The zero-order valence-electron chi connectivity index (χ0n) is 17.4. The molecule has 0 radical (unpaired) electrons. The summed E-state index contributed by atoms with van der Waals surface area (Å²) in [5, 5.41) is 12.4. The van der Waals surface area contributed by atoms with Crippen molar-refractivity contribution in [3.05, 3.63) is 40.3 Å². The van der Waals surface area contributed by atoms with Gasteiger partial charge in [0.2, 0.25) is 10.0 Å². The van der Waals surface area contributed by atoms with Crippen LogP contribution in [0.5, 0.6) is 0 Å². The Bertz CT molecular complexity index is 1370. The number of rotatable bonds is 4. The Hall–Kier alpha value is -3.20. The van der Waals surface area contributed by atoms with Crippen molar-refractivity contribution in [3.8, 4) is 6.07 Å². The number of amides is 1. The van der Waals surface area contributed by atoms with Crippen LogP contribution in [0.3, 0.4) is 0 Å². The minimum Gasteiger partial charge on any atom is -0.397 e. The Balaban J connectivity index is 1.65. The number of nitrogens with two attached hydrogens (primary N) is 2. The molecule has 0 saturated carbocycles. The van der Waals surface area contributed by atoms with Gasteiger partial charge in [-0.15, -0.1) is 11.3 Å². The van der Waals surface area contributed by atoms with E-state index in [1.165, 1.54) is 16.4 Å². The molecule has 1 fully saturated rings. The SMILES string of the molecule is Cc1ccc(NC(=O)c2sc3nc(N)c(C#N)cc3c2N)cc1S(=O)(=O)N1CCCCC1. The number of nitriles is 1.